The van der Waals surface area contributed by atoms with Gasteiger partial charge < -0.3 is 19.3 Å². The van der Waals surface area contributed by atoms with Gasteiger partial charge in [0.05, 0.1) is 48.1 Å². The minimum absolute atomic E-state index is 0.111. The number of esters is 1. The number of nitrogens with zero attached hydrogens (tertiary/aromatic N) is 2. The quantitative estimate of drug-likeness (QED) is 0.195. The first-order valence-corrected chi connectivity index (χ1v) is 12.0. The molecule has 1 aliphatic heterocycles. The van der Waals surface area contributed by atoms with Crippen molar-refractivity contribution >= 4 is 40.7 Å². The lowest BCUT2D eigenvalue weighted by molar-refractivity contribution is -0.132. The van der Waals surface area contributed by atoms with Gasteiger partial charge >= 0.3 is 5.97 Å². The SMILES string of the molecule is COc1cc(/C(O)=C2\C(=O)C(=O)N(c3cccc(C(=O)OC(C)C)c3)C2c2ccncc2)c(OC)cc1Cl. The van der Waals surface area contributed by atoms with E-state index in [1.165, 1.54) is 49.7 Å². The Morgan fingerprint density at radius 2 is 1.71 bits per heavy atom. The van der Waals surface area contributed by atoms with Gasteiger partial charge in [-0.2, -0.15) is 0 Å². The summed E-state index contributed by atoms with van der Waals surface area (Å²) in [6.07, 6.45) is 2.68. The molecule has 10 heteroatoms. The van der Waals surface area contributed by atoms with Gasteiger partial charge in [-0.1, -0.05) is 17.7 Å². The molecule has 0 spiro atoms. The van der Waals surface area contributed by atoms with Gasteiger partial charge in [-0.15, -0.1) is 0 Å². The number of hydrogen-bond acceptors (Lipinski definition) is 8. The molecular formula is C28H25ClN2O7. The first-order chi connectivity index (χ1) is 18.2. The predicted molar refractivity (Wildman–Crippen MR) is 141 cm³/mol. The number of carbonyl (C=O) groups is 3. The molecule has 0 bridgehead atoms. The lowest BCUT2D eigenvalue weighted by Crippen LogP contribution is -2.29. The van der Waals surface area contributed by atoms with Crippen LogP contribution in [0.3, 0.4) is 0 Å². The van der Waals surface area contributed by atoms with Crippen LogP contribution >= 0.6 is 11.6 Å². The van der Waals surface area contributed by atoms with E-state index in [1.54, 1.807) is 44.2 Å². The van der Waals surface area contributed by atoms with Crippen LogP contribution in [-0.4, -0.2) is 48.1 Å². The minimum Gasteiger partial charge on any atom is -0.507 e. The Morgan fingerprint density at radius 1 is 1.03 bits per heavy atom. The van der Waals surface area contributed by atoms with Crippen LogP contribution in [0.4, 0.5) is 5.69 Å². The van der Waals surface area contributed by atoms with Gasteiger partial charge in [0.1, 0.15) is 17.3 Å². The maximum Gasteiger partial charge on any atom is 0.338 e. The number of aliphatic hydroxyl groups is 1. The molecule has 4 rings (SSSR count). The summed E-state index contributed by atoms with van der Waals surface area (Å²) in [6, 6.07) is 11.3. The van der Waals surface area contributed by atoms with Crippen LogP contribution in [0, 0.1) is 0 Å². The third-order valence-electron chi connectivity index (χ3n) is 5.90. The number of benzene rings is 2. The van der Waals surface area contributed by atoms with Crippen molar-refractivity contribution in [3.8, 4) is 11.5 Å². The maximum absolute atomic E-state index is 13.5. The summed E-state index contributed by atoms with van der Waals surface area (Å²) in [5.41, 5.74) is 0.914. The zero-order chi connectivity index (χ0) is 27.6. The molecule has 1 amide bonds. The maximum atomic E-state index is 13.5. The summed E-state index contributed by atoms with van der Waals surface area (Å²) in [6.45, 7) is 3.45. The summed E-state index contributed by atoms with van der Waals surface area (Å²) < 4.78 is 15.9. The molecule has 1 saturated heterocycles. The number of ketones is 1. The Bertz CT molecular complexity index is 1440. The number of aromatic nitrogens is 1. The molecule has 38 heavy (non-hydrogen) atoms. The van der Waals surface area contributed by atoms with Crippen LogP contribution < -0.4 is 14.4 Å². The highest BCUT2D eigenvalue weighted by Gasteiger charge is 2.47. The highest BCUT2D eigenvalue weighted by atomic mass is 35.5. The molecule has 1 atom stereocenters. The summed E-state index contributed by atoms with van der Waals surface area (Å²) >= 11 is 6.22. The van der Waals surface area contributed by atoms with Crippen molar-refractivity contribution in [2.24, 2.45) is 0 Å². The number of carbonyl (C=O) groups excluding carboxylic acids is 3. The lowest BCUT2D eigenvalue weighted by Gasteiger charge is -2.26. The minimum atomic E-state index is -1.04. The molecule has 3 aromatic rings. The molecule has 0 radical (unpaired) electrons. The van der Waals surface area contributed by atoms with Crippen molar-refractivity contribution in [1.82, 2.24) is 4.98 Å². The van der Waals surface area contributed by atoms with Crippen LogP contribution in [0.5, 0.6) is 11.5 Å². The van der Waals surface area contributed by atoms with Crippen molar-refractivity contribution in [1.29, 1.82) is 0 Å². The third kappa shape index (κ3) is 4.92. The average molecular weight is 537 g/mol. The molecule has 2 heterocycles. The van der Waals surface area contributed by atoms with Crippen LogP contribution in [0.2, 0.25) is 5.02 Å². The van der Waals surface area contributed by atoms with E-state index < -0.39 is 29.5 Å². The second kappa shape index (κ2) is 10.9. The molecule has 1 fully saturated rings. The van der Waals surface area contributed by atoms with Crippen molar-refractivity contribution in [3.05, 3.63) is 88.2 Å². The van der Waals surface area contributed by atoms with Crippen LogP contribution in [0.15, 0.2) is 66.5 Å². The number of methoxy groups -OCH3 is 2. The van der Waals surface area contributed by atoms with Gasteiger partial charge in [-0.25, -0.2) is 4.79 Å². The van der Waals surface area contributed by atoms with Crippen molar-refractivity contribution in [2.75, 3.05) is 19.1 Å². The predicted octanol–water partition coefficient (Wildman–Crippen LogP) is 4.94. The van der Waals surface area contributed by atoms with E-state index in [1.807, 2.05) is 0 Å². The van der Waals surface area contributed by atoms with Gasteiger partial charge in [0.25, 0.3) is 11.7 Å². The number of halogens is 1. The summed E-state index contributed by atoms with van der Waals surface area (Å²) in [5, 5.41) is 11.7. The number of hydrogen-bond donors (Lipinski definition) is 1. The molecule has 0 saturated carbocycles. The summed E-state index contributed by atoms with van der Waals surface area (Å²) in [4.78, 5) is 44.7. The number of anilines is 1. The van der Waals surface area contributed by atoms with Crippen LogP contribution in [-0.2, 0) is 14.3 Å². The number of ether oxygens (including phenoxy) is 3. The molecule has 196 valence electrons. The van der Waals surface area contributed by atoms with E-state index in [0.29, 0.717) is 5.56 Å². The zero-order valence-corrected chi connectivity index (χ0v) is 21.9. The van der Waals surface area contributed by atoms with Gasteiger partial charge in [0, 0.05) is 24.1 Å². The fraction of sp³-hybridized carbons (Fsp3) is 0.214. The van der Waals surface area contributed by atoms with Crippen LogP contribution in [0.1, 0.15) is 41.4 Å². The second-order valence-electron chi connectivity index (χ2n) is 8.64. The molecule has 1 unspecified atom stereocenters. The smallest absolute Gasteiger partial charge is 0.338 e. The Morgan fingerprint density at radius 3 is 2.34 bits per heavy atom. The van der Waals surface area contributed by atoms with Gasteiger partial charge in [-0.3, -0.25) is 19.5 Å². The first-order valence-electron chi connectivity index (χ1n) is 11.6. The highest BCUT2D eigenvalue weighted by Crippen LogP contribution is 2.44. The van der Waals surface area contributed by atoms with Crippen molar-refractivity contribution < 1.29 is 33.7 Å². The number of rotatable bonds is 7. The fourth-order valence-corrected chi connectivity index (χ4v) is 4.45. The normalized spacial score (nSPS) is 16.6. The topological polar surface area (TPSA) is 115 Å². The van der Waals surface area contributed by atoms with E-state index >= 15 is 0 Å². The van der Waals surface area contributed by atoms with E-state index in [0.717, 1.165) is 0 Å². The third-order valence-corrected chi connectivity index (χ3v) is 6.19. The Balaban J connectivity index is 1.93. The van der Waals surface area contributed by atoms with E-state index in [2.05, 4.69) is 4.98 Å². The number of aliphatic hydroxyl groups excluding tert-OH is 1. The molecule has 2 aromatic carbocycles. The Kier molecular flexibility index (Phi) is 7.68. The molecule has 1 N–H and O–H groups in total. The van der Waals surface area contributed by atoms with Gasteiger partial charge in [-0.05, 0) is 55.8 Å². The van der Waals surface area contributed by atoms with E-state index in [4.69, 9.17) is 25.8 Å². The van der Waals surface area contributed by atoms with Crippen molar-refractivity contribution in [3.63, 3.8) is 0 Å². The molecular weight excluding hydrogens is 512 g/mol. The van der Waals surface area contributed by atoms with Gasteiger partial charge in [0.2, 0.25) is 0 Å². The zero-order valence-electron chi connectivity index (χ0n) is 21.1. The molecule has 0 aliphatic carbocycles. The average Bonchev–Trinajstić information content (AvgIpc) is 3.18. The highest BCUT2D eigenvalue weighted by molar-refractivity contribution is 6.51. The van der Waals surface area contributed by atoms with Crippen molar-refractivity contribution in [2.45, 2.75) is 26.0 Å². The first kappa shape index (κ1) is 26.7. The molecule has 9 nitrogen and oxygen atoms in total. The lowest BCUT2D eigenvalue weighted by atomic mass is 9.95. The summed E-state index contributed by atoms with van der Waals surface area (Å²) in [5.74, 6) is -2.45. The monoisotopic (exact) mass is 536 g/mol. The van der Waals surface area contributed by atoms with E-state index in [-0.39, 0.29) is 45.0 Å². The number of pyridine rings is 1. The standard InChI is InChI=1S/C28H25ClN2O7/c1-15(2)38-28(35)17-6-5-7-18(12-17)31-24(16-8-10-30-11-9-16)23(26(33)27(31)34)25(32)19-13-22(37-4)20(29)14-21(19)36-3/h5-15,24,32H,1-4H3/b25-23+. The fourth-order valence-electron chi connectivity index (χ4n) is 4.22. The van der Waals surface area contributed by atoms with Gasteiger partial charge in [0.15, 0.2) is 0 Å². The number of amides is 1. The molecule has 1 aromatic heterocycles. The second-order valence-corrected chi connectivity index (χ2v) is 9.05. The molecule has 1 aliphatic rings. The number of Topliss-reactive ketones (excluding diaryl/α,β-unsaturated/α-hetero) is 1. The largest absolute Gasteiger partial charge is 0.507 e. The Labute approximate surface area is 224 Å². The van der Waals surface area contributed by atoms with Crippen LogP contribution in [0.25, 0.3) is 5.76 Å². The summed E-state index contributed by atoms with van der Waals surface area (Å²) in [7, 11) is 2.79. The van der Waals surface area contributed by atoms with E-state index in [9.17, 15) is 19.5 Å². The Hall–Kier alpha value is -4.37.